The van der Waals surface area contributed by atoms with Gasteiger partial charge >= 0.3 is 0 Å². The van der Waals surface area contributed by atoms with Crippen molar-refractivity contribution in [3.63, 3.8) is 0 Å². The number of furan rings is 1. The molecule has 2 heteroatoms. The van der Waals surface area contributed by atoms with Gasteiger partial charge in [0.25, 0.3) is 0 Å². The Bertz CT molecular complexity index is 960. The van der Waals surface area contributed by atoms with E-state index in [1.165, 1.54) is 27.8 Å². The Morgan fingerprint density at radius 3 is 2.60 bits per heavy atom. The number of fused-ring (bicyclic) bond motifs is 1. The maximum atomic E-state index is 5.85. The van der Waals surface area contributed by atoms with Crippen molar-refractivity contribution in [2.24, 2.45) is 0 Å². The summed E-state index contributed by atoms with van der Waals surface area (Å²) in [6, 6.07) is 16.9. The van der Waals surface area contributed by atoms with Crippen LogP contribution in [0.2, 0.25) is 0 Å². The van der Waals surface area contributed by atoms with Crippen LogP contribution >= 0.6 is 0 Å². The second-order valence-electron chi connectivity index (χ2n) is 6.48. The van der Waals surface area contributed by atoms with Gasteiger partial charge in [-0.2, -0.15) is 0 Å². The highest BCUT2D eigenvalue weighted by Gasteiger charge is 2.22. The summed E-state index contributed by atoms with van der Waals surface area (Å²) in [6.45, 7) is 4.19. The lowest BCUT2D eigenvalue weighted by Crippen LogP contribution is -1.96. The predicted molar refractivity (Wildman–Crippen MR) is 103 cm³/mol. The maximum absolute atomic E-state index is 5.85. The standard InChI is InChI=1S/C23H22O2/c1-4-16-10-11-17-13-18(21-12-9-15(2)25-21)14-20(17)23(16)19-7-5-6-8-22(19)24-3/h5-12,14H,4,13H2,1-3H3. The van der Waals surface area contributed by atoms with Gasteiger partial charge in [-0.15, -0.1) is 0 Å². The summed E-state index contributed by atoms with van der Waals surface area (Å²) in [6.07, 6.45) is 4.19. The van der Waals surface area contributed by atoms with Crippen LogP contribution in [0.1, 0.15) is 35.1 Å². The number of rotatable bonds is 4. The molecule has 2 nitrogen and oxygen atoms in total. The molecule has 0 atom stereocenters. The molecule has 126 valence electrons. The molecule has 1 aliphatic carbocycles. The van der Waals surface area contributed by atoms with Crippen LogP contribution in [0.25, 0.3) is 22.8 Å². The van der Waals surface area contributed by atoms with E-state index in [1.54, 1.807) is 7.11 Å². The van der Waals surface area contributed by atoms with E-state index >= 15 is 0 Å². The first kappa shape index (κ1) is 15.8. The summed E-state index contributed by atoms with van der Waals surface area (Å²) >= 11 is 0. The average Bonchev–Trinajstić information content (AvgIpc) is 3.26. The molecule has 2 aromatic carbocycles. The molecule has 1 heterocycles. The Morgan fingerprint density at radius 1 is 1.04 bits per heavy atom. The molecular weight excluding hydrogens is 308 g/mol. The van der Waals surface area contributed by atoms with Crippen LogP contribution in [-0.4, -0.2) is 7.11 Å². The van der Waals surface area contributed by atoms with Crippen molar-refractivity contribution in [1.29, 1.82) is 0 Å². The van der Waals surface area contributed by atoms with E-state index in [0.717, 1.165) is 35.7 Å². The van der Waals surface area contributed by atoms with Gasteiger partial charge < -0.3 is 9.15 Å². The highest BCUT2D eigenvalue weighted by atomic mass is 16.5. The van der Waals surface area contributed by atoms with E-state index < -0.39 is 0 Å². The first-order valence-electron chi connectivity index (χ1n) is 8.76. The zero-order chi connectivity index (χ0) is 17.4. The van der Waals surface area contributed by atoms with Crippen LogP contribution in [0.15, 0.2) is 52.9 Å². The molecule has 4 rings (SSSR count). The van der Waals surface area contributed by atoms with Crippen molar-refractivity contribution in [2.45, 2.75) is 26.7 Å². The minimum Gasteiger partial charge on any atom is -0.496 e. The second-order valence-corrected chi connectivity index (χ2v) is 6.48. The number of allylic oxidation sites excluding steroid dienone is 1. The Labute approximate surface area is 148 Å². The van der Waals surface area contributed by atoms with Crippen molar-refractivity contribution in [2.75, 3.05) is 7.11 Å². The Balaban J connectivity index is 1.91. The summed E-state index contributed by atoms with van der Waals surface area (Å²) in [5, 5.41) is 0. The third kappa shape index (κ3) is 2.68. The lowest BCUT2D eigenvalue weighted by atomic mass is 9.90. The van der Waals surface area contributed by atoms with Gasteiger partial charge in [-0.3, -0.25) is 0 Å². The molecule has 0 fully saturated rings. The molecular formula is C23H22O2. The second kappa shape index (κ2) is 6.29. The summed E-state index contributed by atoms with van der Waals surface area (Å²) < 4.78 is 11.5. The molecule has 1 aliphatic rings. The minimum absolute atomic E-state index is 0.911. The maximum Gasteiger partial charge on any atom is 0.130 e. The molecule has 0 unspecified atom stereocenters. The third-order valence-electron chi connectivity index (χ3n) is 4.94. The Kier molecular flexibility index (Phi) is 3.96. The molecule has 25 heavy (non-hydrogen) atoms. The molecule has 3 aromatic rings. The van der Waals surface area contributed by atoms with E-state index in [2.05, 4.69) is 43.3 Å². The highest BCUT2D eigenvalue weighted by molar-refractivity contribution is 5.94. The lowest BCUT2D eigenvalue weighted by molar-refractivity contribution is 0.416. The number of hydrogen-bond donors (Lipinski definition) is 0. The predicted octanol–water partition coefficient (Wildman–Crippen LogP) is 5.92. The van der Waals surface area contributed by atoms with Crippen molar-refractivity contribution in [3.8, 4) is 16.9 Å². The van der Waals surface area contributed by atoms with E-state index in [1.807, 2.05) is 25.1 Å². The molecule has 0 bridgehead atoms. The van der Waals surface area contributed by atoms with Crippen LogP contribution < -0.4 is 4.74 Å². The molecule has 0 saturated carbocycles. The molecule has 0 saturated heterocycles. The molecule has 0 N–H and O–H groups in total. The SMILES string of the molecule is CCc1ccc2c(c1-c1ccccc1OC)C=C(c1ccc(C)o1)C2. The van der Waals surface area contributed by atoms with E-state index in [9.17, 15) is 0 Å². The largest absolute Gasteiger partial charge is 0.496 e. The zero-order valence-corrected chi connectivity index (χ0v) is 14.9. The van der Waals surface area contributed by atoms with E-state index in [0.29, 0.717) is 0 Å². The smallest absolute Gasteiger partial charge is 0.130 e. The molecule has 0 amide bonds. The topological polar surface area (TPSA) is 22.4 Å². The van der Waals surface area contributed by atoms with Crippen LogP contribution in [0.5, 0.6) is 5.75 Å². The van der Waals surface area contributed by atoms with Gasteiger partial charge in [-0.1, -0.05) is 37.3 Å². The van der Waals surface area contributed by atoms with Crippen molar-refractivity contribution < 1.29 is 9.15 Å². The molecule has 0 aliphatic heterocycles. The molecule has 0 spiro atoms. The number of aryl methyl sites for hydroxylation is 2. The van der Waals surface area contributed by atoms with Gasteiger partial charge in [-0.05, 0) is 65.4 Å². The van der Waals surface area contributed by atoms with Gasteiger partial charge in [0.05, 0.1) is 7.11 Å². The van der Waals surface area contributed by atoms with Crippen LogP contribution in [0, 0.1) is 6.92 Å². The zero-order valence-electron chi connectivity index (χ0n) is 14.9. The van der Waals surface area contributed by atoms with E-state index in [-0.39, 0.29) is 0 Å². The van der Waals surface area contributed by atoms with Gasteiger partial charge in [0.1, 0.15) is 17.3 Å². The Hall–Kier alpha value is -2.74. The van der Waals surface area contributed by atoms with Gasteiger partial charge in [0.15, 0.2) is 0 Å². The average molecular weight is 330 g/mol. The van der Waals surface area contributed by atoms with Gasteiger partial charge in [0.2, 0.25) is 0 Å². The fourth-order valence-corrected chi connectivity index (χ4v) is 3.69. The lowest BCUT2D eigenvalue weighted by Gasteiger charge is -2.16. The number of hydrogen-bond acceptors (Lipinski definition) is 2. The van der Waals surface area contributed by atoms with Crippen LogP contribution in [-0.2, 0) is 12.8 Å². The monoisotopic (exact) mass is 330 g/mol. The number of ether oxygens (including phenoxy) is 1. The Morgan fingerprint density at radius 2 is 1.88 bits per heavy atom. The van der Waals surface area contributed by atoms with Crippen LogP contribution in [0.3, 0.4) is 0 Å². The number of benzene rings is 2. The first-order valence-corrected chi connectivity index (χ1v) is 8.76. The number of methoxy groups -OCH3 is 1. The third-order valence-corrected chi connectivity index (χ3v) is 4.94. The fraction of sp³-hybridized carbons (Fsp3) is 0.217. The van der Waals surface area contributed by atoms with E-state index in [4.69, 9.17) is 9.15 Å². The van der Waals surface area contributed by atoms with Gasteiger partial charge in [0, 0.05) is 12.0 Å². The summed E-state index contributed by atoms with van der Waals surface area (Å²) in [4.78, 5) is 0. The molecule has 1 aromatic heterocycles. The minimum atomic E-state index is 0.911. The fourth-order valence-electron chi connectivity index (χ4n) is 3.69. The summed E-state index contributed by atoms with van der Waals surface area (Å²) in [5.74, 6) is 2.84. The number of para-hydroxylation sites is 1. The quantitative estimate of drug-likeness (QED) is 0.592. The first-order chi connectivity index (χ1) is 12.2. The van der Waals surface area contributed by atoms with Crippen molar-refractivity contribution in [1.82, 2.24) is 0 Å². The van der Waals surface area contributed by atoms with Gasteiger partial charge in [-0.25, -0.2) is 0 Å². The summed E-state index contributed by atoms with van der Waals surface area (Å²) in [5.41, 5.74) is 7.68. The highest BCUT2D eigenvalue weighted by Crippen LogP contribution is 2.42. The summed E-state index contributed by atoms with van der Waals surface area (Å²) in [7, 11) is 1.74. The van der Waals surface area contributed by atoms with Crippen molar-refractivity contribution >= 4 is 11.6 Å². The normalized spacial score (nSPS) is 12.8. The van der Waals surface area contributed by atoms with Crippen LogP contribution in [0.4, 0.5) is 0 Å². The van der Waals surface area contributed by atoms with Crippen molar-refractivity contribution in [3.05, 3.63) is 76.7 Å². The molecule has 0 radical (unpaired) electrons.